The van der Waals surface area contributed by atoms with Gasteiger partial charge in [-0.3, -0.25) is 9.59 Å². The minimum absolute atomic E-state index is 0.0718. The van der Waals surface area contributed by atoms with Crippen molar-refractivity contribution < 1.29 is 14.3 Å². The van der Waals surface area contributed by atoms with Crippen molar-refractivity contribution in [2.24, 2.45) is 5.41 Å². The number of hydrogen-bond acceptors (Lipinski definition) is 7. The Hall–Kier alpha value is -3.72. The van der Waals surface area contributed by atoms with Crippen molar-refractivity contribution >= 4 is 23.1 Å². The molecular formula is C28H36N6O3. The molecule has 4 rings (SSSR count). The molecule has 2 aliphatic rings. The molecule has 2 heterocycles. The van der Waals surface area contributed by atoms with Gasteiger partial charge in [-0.1, -0.05) is 32.1 Å². The third-order valence-electron chi connectivity index (χ3n) is 6.43. The third-order valence-corrected chi connectivity index (χ3v) is 6.43. The van der Waals surface area contributed by atoms with Crippen LogP contribution in [-0.2, 0) is 0 Å². The predicted molar refractivity (Wildman–Crippen MR) is 145 cm³/mol. The van der Waals surface area contributed by atoms with Crippen LogP contribution in [0.4, 0.5) is 5.69 Å². The number of hydrogen-bond donors (Lipinski definition) is 2. The van der Waals surface area contributed by atoms with Gasteiger partial charge in [0.2, 0.25) is 0 Å². The first-order valence-electron chi connectivity index (χ1n) is 12.7. The van der Waals surface area contributed by atoms with Crippen molar-refractivity contribution in [1.29, 1.82) is 0 Å². The van der Waals surface area contributed by atoms with Gasteiger partial charge in [0.15, 0.2) is 12.6 Å². The number of aromatic nitrogens is 2. The van der Waals surface area contributed by atoms with Crippen LogP contribution in [0.3, 0.4) is 0 Å². The van der Waals surface area contributed by atoms with Gasteiger partial charge in [-0.25, -0.2) is 9.97 Å². The van der Waals surface area contributed by atoms with Crippen LogP contribution in [0, 0.1) is 5.41 Å². The van der Waals surface area contributed by atoms with E-state index in [1.807, 2.05) is 44.1 Å². The van der Waals surface area contributed by atoms with Gasteiger partial charge in [0.25, 0.3) is 11.8 Å². The maximum atomic E-state index is 12.5. The molecule has 0 saturated heterocycles. The largest absolute Gasteiger partial charge is 0.471 e. The van der Waals surface area contributed by atoms with Crippen LogP contribution in [0.1, 0.15) is 53.2 Å². The molecule has 1 unspecified atom stereocenters. The quantitative estimate of drug-likeness (QED) is 0.513. The molecule has 1 aromatic heterocycles. The van der Waals surface area contributed by atoms with Crippen molar-refractivity contribution in [2.45, 2.75) is 26.7 Å². The molecule has 9 nitrogen and oxygen atoms in total. The zero-order chi connectivity index (χ0) is 26.4. The molecule has 9 heteroatoms. The molecule has 2 aromatic rings. The molecule has 1 aliphatic carbocycles. The smallest absolute Gasteiger partial charge is 0.254 e. The summed E-state index contributed by atoms with van der Waals surface area (Å²) in [5.41, 5.74) is 2.72. The lowest BCUT2D eigenvalue weighted by Gasteiger charge is -2.33. The van der Waals surface area contributed by atoms with Crippen LogP contribution in [-0.4, -0.2) is 73.7 Å². The molecular weight excluding hydrogens is 468 g/mol. The second-order valence-corrected chi connectivity index (χ2v) is 10.1. The number of amides is 2. The van der Waals surface area contributed by atoms with E-state index in [2.05, 4.69) is 44.6 Å². The molecule has 0 saturated carbocycles. The summed E-state index contributed by atoms with van der Waals surface area (Å²) in [6.45, 7) is 7.35. The van der Waals surface area contributed by atoms with Gasteiger partial charge in [0.05, 0.1) is 11.3 Å². The molecule has 196 valence electrons. The molecule has 2 N–H and O–H groups in total. The number of carbonyl (C=O) groups excluding carboxylic acids is 2. The number of benzene rings is 1. The number of rotatable bonds is 10. The number of ether oxygens (including phenoxy) is 1. The van der Waals surface area contributed by atoms with E-state index in [4.69, 9.17) is 4.74 Å². The molecule has 0 spiro atoms. The lowest BCUT2D eigenvalue weighted by molar-refractivity contribution is 0.0943. The summed E-state index contributed by atoms with van der Waals surface area (Å²) in [5.74, 6) is 1.12. The molecule has 1 aliphatic heterocycles. The van der Waals surface area contributed by atoms with Crippen LogP contribution in [0.5, 0.6) is 5.75 Å². The summed E-state index contributed by atoms with van der Waals surface area (Å²) in [4.78, 5) is 37.9. The molecule has 1 atom stereocenters. The third kappa shape index (κ3) is 6.54. The summed E-state index contributed by atoms with van der Waals surface area (Å²) in [5, 5.41) is 5.82. The van der Waals surface area contributed by atoms with E-state index in [9.17, 15) is 9.59 Å². The van der Waals surface area contributed by atoms with E-state index >= 15 is 0 Å². The van der Waals surface area contributed by atoms with Gasteiger partial charge in [0, 0.05) is 55.1 Å². The number of likely N-dealkylation sites (N-methyl/N-ethyl adjacent to an activating group) is 1. The highest BCUT2D eigenvalue weighted by Crippen LogP contribution is 2.40. The SMILES string of the molecule is CCCNC(=O)c1ccc2c(c1)N(CC1(C)C=C(c3ncc(C(=O)NCCN(C)C)cn3)C=CC1)CO2. The fraction of sp³-hybridized carbons (Fsp3) is 0.429. The highest BCUT2D eigenvalue weighted by molar-refractivity contribution is 5.96. The standard InChI is InChI=1S/C28H36N6O3/c1-5-11-29-26(35)20-8-9-24-23(14-20)34(19-37-24)18-28(2)10-6-7-21(15-28)25-31-16-22(17-32-25)27(36)30-12-13-33(3)4/h6-9,14-17H,5,10-13,18-19H2,1-4H3,(H,29,35)(H,30,36). The lowest BCUT2D eigenvalue weighted by Crippen LogP contribution is -2.35. The summed E-state index contributed by atoms with van der Waals surface area (Å²) in [6.07, 6.45) is 11.2. The van der Waals surface area contributed by atoms with Gasteiger partial charge in [-0.2, -0.15) is 0 Å². The average molecular weight is 505 g/mol. The topological polar surface area (TPSA) is 99.7 Å². The first-order chi connectivity index (χ1) is 17.8. The first kappa shape index (κ1) is 26.3. The first-order valence-corrected chi connectivity index (χ1v) is 12.7. The fourth-order valence-electron chi connectivity index (χ4n) is 4.43. The summed E-state index contributed by atoms with van der Waals surface area (Å²) in [7, 11) is 3.92. The highest BCUT2D eigenvalue weighted by atomic mass is 16.5. The predicted octanol–water partition coefficient (Wildman–Crippen LogP) is 3.11. The van der Waals surface area contributed by atoms with Crippen LogP contribution < -0.4 is 20.3 Å². The summed E-state index contributed by atoms with van der Waals surface area (Å²) >= 11 is 0. The maximum Gasteiger partial charge on any atom is 0.254 e. The van der Waals surface area contributed by atoms with E-state index in [0.29, 0.717) is 43.3 Å². The van der Waals surface area contributed by atoms with Gasteiger partial charge in [0.1, 0.15) is 5.75 Å². The Morgan fingerprint density at radius 3 is 2.57 bits per heavy atom. The lowest BCUT2D eigenvalue weighted by atomic mass is 9.80. The van der Waals surface area contributed by atoms with E-state index in [1.54, 1.807) is 18.5 Å². The number of carbonyl (C=O) groups is 2. The monoisotopic (exact) mass is 504 g/mol. The summed E-state index contributed by atoms with van der Waals surface area (Å²) < 4.78 is 5.89. The van der Waals surface area contributed by atoms with E-state index < -0.39 is 0 Å². The Kier molecular flexibility index (Phi) is 8.23. The van der Waals surface area contributed by atoms with Gasteiger partial charge in [-0.05, 0) is 45.1 Å². The second kappa shape index (κ2) is 11.6. The van der Waals surface area contributed by atoms with Crippen LogP contribution >= 0.6 is 0 Å². The van der Waals surface area contributed by atoms with Gasteiger partial charge in [-0.15, -0.1) is 0 Å². The number of anilines is 1. The zero-order valence-corrected chi connectivity index (χ0v) is 22.1. The van der Waals surface area contributed by atoms with Crippen LogP contribution in [0.15, 0.2) is 48.8 Å². The van der Waals surface area contributed by atoms with Crippen molar-refractivity contribution in [3.8, 4) is 5.75 Å². The average Bonchev–Trinajstić information content (AvgIpc) is 3.28. The van der Waals surface area contributed by atoms with E-state index in [1.165, 1.54) is 0 Å². The van der Waals surface area contributed by atoms with Gasteiger partial charge >= 0.3 is 0 Å². The molecule has 37 heavy (non-hydrogen) atoms. The Labute approximate surface area is 218 Å². The molecule has 0 fully saturated rings. The zero-order valence-electron chi connectivity index (χ0n) is 22.1. The highest BCUT2D eigenvalue weighted by Gasteiger charge is 2.31. The van der Waals surface area contributed by atoms with E-state index in [0.717, 1.165) is 36.4 Å². The van der Waals surface area contributed by atoms with Crippen molar-refractivity contribution in [3.63, 3.8) is 0 Å². The second-order valence-electron chi connectivity index (χ2n) is 10.1. The number of fused-ring (bicyclic) bond motifs is 1. The van der Waals surface area contributed by atoms with Gasteiger partial charge < -0.3 is 25.2 Å². The Bertz CT molecular complexity index is 1190. The number of allylic oxidation sites excluding steroid dienone is 3. The Morgan fingerprint density at radius 2 is 1.84 bits per heavy atom. The summed E-state index contributed by atoms with van der Waals surface area (Å²) in [6, 6.07) is 5.58. The molecule has 1 aromatic carbocycles. The molecule has 0 bridgehead atoms. The minimum Gasteiger partial charge on any atom is -0.471 e. The molecule has 0 radical (unpaired) electrons. The minimum atomic E-state index is -0.193. The van der Waals surface area contributed by atoms with Crippen molar-refractivity contribution in [1.82, 2.24) is 25.5 Å². The normalized spacial score (nSPS) is 18.3. The maximum absolute atomic E-state index is 12.5. The van der Waals surface area contributed by atoms with Crippen molar-refractivity contribution in [2.75, 3.05) is 51.9 Å². The van der Waals surface area contributed by atoms with E-state index in [-0.39, 0.29) is 17.2 Å². The number of nitrogens with one attached hydrogen (secondary N) is 2. The number of nitrogens with zero attached hydrogens (tertiary/aromatic N) is 4. The van der Waals surface area contributed by atoms with Crippen LogP contribution in [0.25, 0.3) is 5.57 Å². The van der Waals surface area contributed by atoms with Crippen molar-refractivity contribution in [3.05, 3.63) is 65.8 Å². The Balaban J connectivity index is 1.45. The molecule has 2 amide bonds. The Morgan fingerprint density at radius 1 is 1.11 bits per heavy atom. The fourth-order valence-corrected chi connectivity index (χ4v) is 4.43. The van der Waals surface area contributed by atoms with Crippen LogP contribution in [0.2, 0.25) is 0 Å².